The van der Waals surface area contributed by atoms with E-state index in [4.69, 9.17) is 15.0 Å². The fourth-order valence-corrected chi connectivity index (χ4v) is 7.08. The molecule has 0 saturated heterocycles. The van der Waals surface area contributed by atoms with Crippen LogP contribution in [0.25, 0.3) is 67.0 Å². The molecule has 0 bridgehead atoms. The third-order valence-corrected chi connectivity index (χ3v) is 9.35. The maximum atomic E-state index is 4.82. The molecule has 5 aromatic carbocycles. The van der Waals surface area contributed by atoms with Crippen LogP contribution in [0, 0.1) is 0 Å². The van der Waals surface area contributed by atoms with E-state index in [1.807, 2.05) is 18.6 Å². The molecule has 0 N–H and O–H groups in total. The van der Waals surface area contributed by atoms with Gasteiger partial charge in [0.1, 0.15) is 0 Å². The highest BCUT2D eigenvalue weighted by Gasteiger charge is 2.20. The van der Waals surface area contributed by atoms with Crippen molar-refractivity contribution in [2.24, 2.45) is 0 Å². The van der Waals surface area contributed by atoms with Crippen molar-refractivity contribution in [2.75, 3.05) is 0 Å². The van der Waals surface area contributed by atoms with Gasteiger partial charge in [0.2, 0.25) is 0 Å². The molecule has 46 heavy (non-hydrogen) atoms. The molecular formula is C43H29N3. The Morgan fingerprint density at radius 3 is 2.28 bits per heavy atom. The average Bonchev–Trinajstić information content (AvgIpc) is 3.47. The van der Waals surface area contributed by atoms with Gasteiger partial charge in [0.25, 0.3) is 0 Å². The van der Waals surface area contributed by atoms with Crippen molar-refractivity contribution in [3.05, 3.63) is 174 Å². The van der Waals surface area contributed by atoms with Gasteiger partial charge in [-0.05, 0) is 79.8 Å². The van der Waals surface area contributed by atoms with E-state index in [1.165, 1.54) is 55.3 Å². The molecule has 0 amide bonds. The lowest BCUT2D eigenvalue weighted by atomic mass is 9.87. The van der Waals surface area contributed by atoms with Crippen LogP contribution in [0.1, 0.15) is 27.8 Å². The Balaban J connectivity index is 1.06. The van der Waals surface area contributed by atoms with Crippen molar-refractivity contribution < 1.29 is 0 Å². The zero-order chi connectivity index (χ0) is 30.5. The van der Waals surface area contributed by atoms with E-state index < -0.39 is 0 Å². The number of allylic oxidation sites excluding steroid dienone is 4. The highest BCUT2D eigenvalue weighted by Crippen LogP contribution is 2.42. The van der Waals surface area contributed by atoms with E-state index in [0.29, 0.717) is 5.82 Å². The minimum absolute atomic E-state index is 0.714. The van der Waals surface area contributed by atoms with Gasteiger partial charge >= 0.3 is 0 Å². The smallest absolute Gasteiger partial charge is 0.159 e. The van der Waals surface area contributed by atoms with Crippen LogP contribution in [0.3, 0.4) is 0 Å². The number of aromatic nitrogens is 3. The first-order valence-corrected chi connectivity index (χ1v) is 15.8. The zero-order valence-electron chi connectivity index (χ0n) is 25.2. The lowest BCUT2D eigenvalue weighted by Crippen LogP contribution is -1.95. The highest BCUT2D eigenvalue weighted by atomic mass is 14.9. The first kappa shape index (κ1) is 26.5. The van der Waals surface area contributed by atoms with E-state index in [0.717, 1.165) is 40.4 Å². The summed E-state index contributed by atoms with van der Waals surface area (Å²) in [5, 5.41) is 3.67. The van der Waals surface area contributed by atoms with Crippen LogP contribution in [0.2, 0.25) is 0 Å². The van der Waals surface area contributed by atoms with Gasteiger partial charge in [-0.2, -0.15) is 0 Å². The SMILES string of the molecule is C1=CCc2c(ccc3c(-c4cnc(-c5ccc(C6=CCc7ccccc7-c7c6ccc6ccccc76)cc5)nc4)ccnc23)C=C1. The summed E-state index contributed by atoms with van der Waals surface area (Å²) in [4.78, 5) is 14.4. The first-order valence-electron chi connectivity index (χ1n) is 15.8. The Kier molecular flexibility index (Phi) is 6.27. The number of rotatable bonds is 3. The fraction of sp³-hybridized carbons (Fsp3) is 0.0465. The number of fused-ring (bicyclic) bond motifs is 8. The number of hydrogen-bond acceptors (Lipinski definition) is 3. The molecule has 0 radical (unpaired) electrons. The van der Waals surface area contributed by atoms with Gasteiger partial charge in [-0.1, -0.05) is 127 Å². The standard InChI is InChI=1S/C43H29N3/c1-2-8-30-20-23-40-35(24-25-44-42(40)38(30)13-3-1)33-26-45-43(46-27-33)32-16-14-31(15-17-32)34-21-18-28-9-4-6-11-36(28)41-37-12-7-5-10-29(37)19-22-39(34)41/h1-12,14-17,19-27H,13,18H2. The summed E-state index contributed by atoms with van der Waals surface area (Å²) in [6.07, 6.45) is 18.4. The molecule has 2 aromatic heterocycles. The molecule has 0 atom stereocenters. The molecule has 0 saturated carbocycles. The molecule has 3 nitrogen and oxygen atoms in total. The molecular weight excluding hydrogens is 558 g/mol. The molecule has 0 fully saturated rings. The summed E-state index contributed by atoms with van der Waals surface area (Å²) >= 11 is 0. The van der Waals surface area contributed by atoms with Crippen LogP contribution >= 0.6 is 0 Å². The molecule has 0 spiro atoms. The Hall–Kier alpha value is -5.93. The van der Waals surface area contributed by atoms with Crippen LogP contribution < -0.4 is 0 Å². The Bertz CT molecular complexity index is 2390. The third kappa shape index (κ3) is 4.40. The lowest BCUT2D eigenvalue weighted by Gasteiger charge is -2.16. The average molecular weight is 588 g/mol. The van der Waals surface area contributed by atoms with Crippen LogP contribution in [0.4, 0.5) is 0 Å². The van der Waals surface area contributed by atoms with Crippen LogP contribution in [0.15, 0.2) is 146 Å². The third-order valence-electron chi connectivity index (χ3n) is 9.35. The second kappa shape index (κ2) is 10.9. The van der Waals surface area contributed by atoms with Gasteiger partial charge < -0.3 is 0 Å². The minimum Gasteiger partial charge on any atom is -0.256 e. The van der Waals surface area contributed by atoms with Crippen LogP contribution in [-0.2, 0) is 12.8 Å². The number of pyridine rings is 1. The maximum Gasteiger partial charge on any atom is 0.159 e. The van der Waals surface area contributed by atoms with E-state index in [1.54, 1.807) is 0 Å². The zero-order valence-corrected chi connectivity index (χ0v) is 25.2. The second-order valence-electron chi connectivity index (χ2n) is 11.9. The largest absolute Gasteiger partial charge is 0.256 e. The van der Waals surface area contributed by atoms with Crippen molar-refractivity contribution in [3.63, 3.8) is 0 Å². The van der Waals surface area contributed by atoms with Crippen molar-refractivity contribution >= 4 is 33.3 Å². The topological polar surface area (TPSA) is 38.7 Å². The lowest BCUT2D eigenvalue weighted by molar-refractivity contribution is 1.18. The van der Waals surface area contributed by atoms with E-state index in [9.17, 15) is 0 Å². The fourth-order valence-electron chi connectivity index (χ4n) is 7.08. The summed E-state index contributed by atoms with van der Waals surface area (Å²) in [5.74, 6) is 0.714. The molecule has 216 valence electrons. The minimum atomic E-state index is 0.714. The predicted octanol–water partition coefficient (Wildman–Crippen LogP) is 10.3. The van der Waals surface area contributed by atoms with E-state index >= 15 is 0 Å². The normalized spacial score (nSPS) is 13.4. The van der Waals surface area contributed by atoms with Gasteiger partial charge in [0, 0.05) is 35.1 Å². The second-order valence-corrected chi connectivity index (χ2v) is 11.9. The van der Waals surface area contributed by atoms with Gasteiger partial charge in [-0.15, -0.1) is 0 Å². The summed E-state index contributed by atoms with van der Waals surface area (Å²) < 4.78 is 0. The van der Waals surface area contributed by atoms with E-state index in [2.05, 4.69) is 134 Å². The molecule has 7 aromatic rings. The summed E-state index contributed by atoms with van der Waals surface area (Å²) in [7, 11) is 0. The molecule has 0 unspecified atom stereocenters. The molecule has 2 aliphatic carbocycles. The molecule has 2 aliphatic rings. The summed E-state index contributed by atoms with van der Waals surface area (Å²) in [5.41, 5.74) is 14.3. The summed E-state index contributed by atoms with van der Waals surface area (Å²) in [6.45, 7) is 0. The van der Waals surface area contributed by atoms with Gasteiger partial charge in [0.05, 0.1) is 5.52 Å². The Morgan fingerprint density at radius 2 is 1.37 bits per heavy atom. The summed E-state index contributed by atoms with van der Waals surface area (Å²) in [6, 6.07) is 37.2. The first-order chi connectivity index (χ1) is 22.8. The van der Waals surface area contributed by atoms with Gasteiger partial charge in [-0.3, -0.25) is 4.98 Å². The molecule has 3 heteroatoms. The van der Waals surface area contributed by atoms with Crippen molar-refractivity contribution in [1.82, 2.24) is 15.0 Å². The molecule has 9 rings (SSSR count). The Morgan fingerprint density at radius 1 is 0.543 bits per heavy atom. The maximum absolute atomic E-state index is 4.82. The van der Waals surface area contributed by atoms with Crippen LogP contribution in [0.5, 0.6) is 0 Å². The van der Waals surface area contributed by atoms with E-state index in [-0.39, 0.29) is 0 Å². The monoisotopic (exact) mass is 587 g/mol. The Labute approximate surface area is 268 Å². The molecule has 0 aliphatic heterocycles. The van der Waals surface area contributed by atoms with Crippen molar-refractivity contribution in [1.29, 1.82) is 0 Å². The number of benzene rings is 5. The molecule has 2 heterocycles. The highest BCUT2D eigenvalue weighted by molar-refractivity contribution is 6.05. The van der Waals surface area contributed by atoms with Crippen molar-refractivity contribution in [2.45, 2.75) is 12.8 Å². The van der Waals surface area contributed by atoms with Crippen LogP contribution in [-0.4, -0.2) is 15.0 Å². The van der Waals surface area contributed by atoms with Gasteiger partial charge in [0.15, 0.2) is 5.82 Å². The number of nitrogens with zero attached hydrogens (tertiary/aromatic N) is 3. The van der Waals surface area contributed by atoms with Gasteiger partial charge in [-0.25, -0.2) is 9.97 Å². The quantitative estimate of drug-likeness (QED) is 0.206. The number of hydrogen-bond donors (Lipinski definition) is 0. The van der Waals surface area contributed by atoms with Crippen molar-refractivity contribution in [3.8, 4) is 33.6 Å². The predicted molar refractivity (Wildman–Crippen MR) is 190 cm³/mol.